The summed E-state index contributed by atoms with van der Waals surface area (Å²) in [5.74, 6) is 0. The van der Waals surface area contributed by atoms with Crippen molar-refractivity contribution in [2.75, 3.05) is 0 Å². The van der Waals surface area contributed by atoms with Crippen LogP contribution in [0.5, 0.6) is 0 Å². The lowest BCUT2D eigenvalue weighted by atomic mass is 10.2. The van der Waals surface area contributed by atoms with Crippen molar-refractivity contribution in [3.63, 3.8) is 0 Å². The second kappa shape index (κ2) is 4.42. The van der Waals surface area contributed by atoms with Gasteiger partial charge in [0.2, 0.25) is 0 Å². The summed E-state index contributed by atoms with van der Waals surface area (Å²) in [6.07, 6.45) is 1.60. The minimum absolute atomic E-state index is 0.567. The number of oxazole rings is 1. The van der Waals surface area contributed by atoms with Gasteiger partial charge in [-0.2, -0.15) is 5.26 Å². The molecule has 0 aliphatic heterocycles. The topological polar surface area (TPSA) is 49.8 Å². The van der Waals surface area contributed by atoms with Gasteiger partial charge in [-0.05, 0) is 43.3 Å². The van der Waals surface area contributed by atoms with Gasteiger partial charge in [0, 0.05) is 4.90 Å². The van der Waals surface area contributed by atoms with Crippen molar-refractivity contribution in [3.8, 4) is 6.07 Å². The standard InChI is InChI=1S/C12H10N2OS/c1-8-3-4-11(10(5-8)6-13)16-12-14-9(2)7-15-12/h3-5,7H,1-2H3. The van der Waals surface area contributed by atoms with E-state index in [9.17, 15) is 0 Å². The summed E-state index contributed by atoms with van der Waals surface area (Å²) in [5, 5.41) is 9.58. The first-order valence-corrected chi connectivity index (χ1v) is 5.61. The zero-order valence-electron chi connectivity index (χ0n) is 9.02. The van der Waals surface area contributed by atoms with Crippen LogP contribution >= 0.6 is 11.8 Å². The Morgan fingerprint density at radius 2 is 2.19 bits per heavy atom. The molecule has 0 bridgehead atoms. The van der Waals surface area contributed by atoms with E-state index < -0.39 is 0 Å². The van der Waals surface area contributed by atoms with Gasteiger partial charge in [0.25, 0.3) is 5.22 Å². The van der Waals surface area contributed by atoms with E-state index in [1.807, 2.05) is 32.0 Å². The first-order valence-electron chi connectivity index (χ1n) is 4.80. The molecule has 0 aliphatic rings. The average molecular weight is 230 g/mol. The molecule has 0 atom stereocenters. The van der Waals surface area contributed by atoms with Gasteiger partial charge in [-0.3, -0.25) is 0 Å². The van der Waals surface area contributed by atoms with Crippen LogP contribution in [-0.2, 0) is 0 Å². The maximum atomic E-state index is 9.01. The Labute approximate surface area is 98.1 Å². The van der Waals surface area contributed by atoms with Crippen molar-refractivity contribution in [1.82, 2.24) is 4.98 Å². The van der Waals surface area contributed by atoms with Crippen LogP contribution in [0.15, 0.2) is 39.0 Å². The Morgan fingerprint density at radius 1 is 1.38 bits per heavy atom. The van der Waals surface area contributed by atoms with Crippen molar-refractivity contribution in [3.05, 3.63) is 41.3 Å². The Balaban J connectivity index is 2.31. The van der Waals surface area contributed by atoms with Gasteiger partial charge in [-0.25, -0.2) is 4.98 Å². The molecule has 2 aromatic rings. The van der Waals surface area contributed by atoms with E-state index in [2.05, 4.69) is 11.1 Å². The summed E-state index contributed by atoms with van der Waals surface area (Å²) < 4.78 is 5.24. The molecular formula is C12H10N2OS. The average Bonchev–Trinajstić information content (AvgIpc) is 2.67. The summed E-state index contributed by atoms with van der Waals surface area (Å²) in [7, 11) is 0. The SMILES string of the molecule is Cc1ccc(Sc2nc(C)co2)c(C#N)c1. The summed E-state index contributed by atoms with van der Waals surface area (Å²) >= 11 is 1.37. The van der Waals surface area contributed by atoms with Crippen molar-refractivity contribution >= 4 is 11.8 Å². The van der Waals surface area contributed by atoms with Crippen molar-refractivity contribution in [2.45, 2.75) is 24.0 Å². The Bertz CT molecular complexity index is 554. The summed E-state index contributed by atoms with van der Waals surface area (Å²) in [5.41, 5.74) is 2.57. The molecular weight excluding hydrogens is 220 g/mol. The molecule has 80 valence electrons. The summed E-state index contributed by atoms with van der Waals surface area (Å²) in [4.78, 5) is 5.06. The van der Waals surface area contributed by atoms with Gasteiger partial charge in [0.05, 0.1) is 11.3 Å². The molecule has 1 heterocycles. The van der Waals surface area contributed by atoms with E-state index in [4.69, 9.17) is 9.68 Å². The van der Waals surface area contributed by atoms with E-state index in [1.54, 1.807) is 6.26 Å². The maximum Gasteiger partial charge on any atom is 0.260 e. The number of hydrogen-bond acceptors (Lipinski definition) is 4. The Morgan fingerprint density at radius 3 is 2.81 bits per heavy atom. The van der Waals surface area contributed by atoms with Crippen molar-refractivity contribution in [1.29, 1.82) is 5.26 Å². The zero-order valence-corrected chi connectivity index (χ0v) is 9.84. The van der Waals surface area contributed by atoms with Crippen LogP contribution in [0.3, 0.4) is 0 Å². The molecule has 16 heavy (non-hydrogen) atoms. The lowest BCUT2D eigenvalue weighted by molar-refractivity contribution is 0.454. The quantitative estimate of drug-likeness (QED) is 0.794. The molecule has 1 aromatic carbocycles. The van der Waals surface area contributed by atoms with Gasteiger partial charge in [-0.15, -0.1) is 0 Å². The van der Waals surface area contributed by atoms with Gasteiger partial charge >= 0.3 is 0 Å². The number of rotatable bonds is 2. The molecule has 0 unspecified atom stereocenters. The highest BCUT2D eigenvalue weighted by molar-refractivity contribution is 7.99. The largest absolute Gasteiger partial charge is 0.439 e. The number of aromatic nitrogens is 1. The van der Waals surface area contributed by atoms with Gasteiger partial charge < -0.3 is 4.42 Å². The highest BCUT2D eigenvalue weighted by Crippen LogP contribution is 2.29. The molecule has 1 aromatic heterocycles. The van der Waals surface area contributed by atoms with Crippen molar-refractivity contribution < 1.29 is 4.42 Å². The molecule has 0 aliphatic carbocycles. The lowest BCUT2D eigenvalue weighted by Gasteiger charge is -2.01. The number of nitrogens with zero attached hydrogens (tertiary/aromatic N) is 2. The Kier molecular flexibility index (Phi) is 2.97. The molecule has 0 fully saturated rings. The molecule has 2 rings (SSSR count). The first kappa shape index (κ1) is 10.8. The molecule has 0 saturated carbocycles. The second-order valence-electron chi connectivity index (χ2n) is 3.47. The lowest BCUT2D eigenvalue weighted by Crippen LogP contribution is -1.83. The third-order valence-corrected chi connectivity index (χ3v) is 2.99. The highest BCUT2D eigenvalue weighted by atomic mass is 32.2. The number of benzene rings is 1. The predicted octanol–water partition coefficient (Wildman–Crippen LogP) is 3.31. The predicted molar refractivity (Wildman–Crippen MR) is 61.3 cm³/mol. The van der Waals surface area contributed by atoms with E-state index >= 15 is 0 Å². The normalized spacial score (nSPS) is 10.1. The van der Waals surface area contributed by atoms with Crippen LogP contribution in [0.4, 0.5) is 0 Å². The van der Waals surface area contributed by atoms with Gasteiger partial charge in [0.15, 0.2) is 0 Å². The maximum absolute atomic E-state index is 9.01. The molecule has 0 spiro atoms. The zero-order chi connectivity index (χ0) is 11.5. The van der Waals surface area contributed by atoms with Crippen LogP contribution in [0, 0.1) is 25.2 Å². The molecule has 0 N–H and O–H groups in total. The molecule has 0 amide bonds. The van der Waals surface area contributed by atoms with Crippen molar-refractivity contribution in [2.24, 2.45) is 0 Å². The monoisotopic (exact) mass is 230 g/mol. The van der Waals surface area contributed by atoms with Gasteiger partial charge in [0.1, 0.15) is 12.3 Å². The van der Waals surface area contributed by atoms with E-state index in [0.29, 0.717) is 10.8 Å². The molecule has 0 saturated heterocycles. The smallest absolute Gasteiger partial charge is 0.260 e. The van der Waals surface area contributed by atoms with Gasteiger partial charge in [-0.1, -0.05) is 6.07 Å². The molecule has 0 radical (unpaired) electrons. The first-order chi connectivity index (χ1) is 7.69. The second-order valence-corrected chi connectivity index (χ2v) is 4.46. The van der Waals surface area contributed by atoms with Crippen LogP contribution in [-0.4, -0.2) is 4.98 Å². The van der Waals surface area contributed by atoms with E-state index in [0.717, 1.165) is 16.2 Å². The Hall–Kier alpha value is -1.73. The van der Waals surface area contributed by atoms with Crippen LogP contribution in [0.25, 0.3) is 0 Å². The molecule has 4 heteroatoms. The number of aryl methyl sites for hydroxylation is 2. The van der Waals surface area contributed by atoms with E-state index in [1.165, 1.54) is 11.8 Å². The minimum Gasteiger partial charge on any atom is -0.439 e. The van der Waals surface area contributed by atoms with Crippen LogP contribution in [0.1, 0.15) is 16.8 Å². The fourth-order valence-corrected chi connectivity index (χ4v) is 2.12. The number of hydrogen-bond donors (Lipinski definition) is 0. The third-order valence-electron chi connectivity index (χ3n) is 2.05. The fraction of sp³-hybridized carbons (Fsp3) is 0.167. The third kappa shape index (κ3) is 2.26. The highest BCUT2D eigenvalue weighted by Gasteiger charge is 2.08. The fourth-order valence-electron chi connectivity index (χ4n) is 1.29. The summed E-state index contributed by atoms with van der Waals surface area (Å²) in [6.45, 7) is 3.83. The minimum atomic E-state index is 0.567. The summed E-state index contributed by atoms with van der Waals surface area (Å²) in [6, 6.07) is 7.92. The van der Waals surface area contributed by atoms with Crippen LogP contribution < -0.4 is 0 Å². The number of nitriles is 1. The van der Waals surface area contributed by atoms with Crippen LogP contribution in [0.2, 0.25) is 0 Å². The van der Waals surface area contributed by atoms with E-state index in [-0.39, 0.29) is 0 Å². The molecule has 3 nitrogen and oxygen atoms in total.